The number of hydrogen-bond acceptors (Lipinski definition) is 2. The normalized spacial score (nSPS) is 11.4. The summed E-state index contributed by atoms with van der Waals surface area (Å²) in [6.45, 7) is 3.60. The lowest BCUT2D eigenvalue weighted by molar-refractivity contribution is -0.171. The highest BCUT2D eigenvalue weighted by Gasteiger charge is 2.37. The van der Waals surface area contributed by atoms with Gasteiger partial charge in [0.25, 0.3) is 0 Å². The average molecular weight is 260 g/mol. The predicted octanol–water partition coefficient (Wildman–Crippen LogP) is 3.38. The maximum absolute atomic E-state index is 12.1. The van der Waals surface area contributed by atoms with Crippen LogP contribution in [0.4, 0.5) is 13.2 Å². The van der Waals surface area contributed by atoms with Crippen LogP contribution in [-0.2, 0) is 11.2 Å². The van der Waals surface area contributed by atoms with E-state index in [1.807, 2.05) is 6.92 Å². The number of methoxy groups -OCH3 is 1. The summed E-state index contributed by atoms with van der Waals surface area (Å²) in [6.07, 6.45) is -5.17. The highest BCUT2D eigenvalue weighted by Crippen LogP contribution is 2.25. The van der Waals surface area contributed by atoms with E-state index in [-0.39, 0.29) is 6.42 Å². The molecule has 0 aromatic heterocycles. The van der Waals surface area contributed by atoms with Crippen LogP contribution in [0.1, 0.15) is 23.1 Å². The van der Waals surface area contributed by atoms with Gasteiger partial charge in [0.15, 0.2) is 0 Å². The van der Waals surface area contributed by atoms with Gasteiger partial charge in [0.05, 0.1) is 7.11 Å². The third-order valence-electron chi connectivity index (χ3n) is 2.79. The largest absolute Gasteiger partial charge is 0.496 e. The molecule has 0 spiro atoms. The van der Waals surface area contributed by atoms with Gasteiger partial charge in [-0.15, -0.1) is 0 Å². The van der Waals surface area contributed by atoms with E-state index in [0.717, 1.165) is 16.7 Å². The summed E-state index contributed by atoms with van der Waals surface area (Å²) in [5.41, 5.74) is 2.41. The van der Waals surface area contributed by atoms with Crippen LogP contribution in [0.2, 0.25) is 0 Å². The minimum Gasteiger partial charge on any atom is -0.496 e. The molecule has 0 N–H and O–H groups in total. The van der Waals surface area contributed by atoms with E-state index in [1.54, 1.807) is 19.1 Å². The van der Waals surface area contributed by atoms with Crippen LogP contribution in [0.15, 0.2) is 12.1 Å². The fraction of sp³-hybridized carbons (Fsp3) is 0.462. The summed E-state index contributed by atoms with van der Waals surface area (Å²) >= 11 is 0. The number of Topliss-reactive ketones (excluding diaryl/α,β-unsaturated/α-hetero) is 1. The molecule has 0 saturated carbocycles. The van der Waals surface area contributed by atoms with E-state index in [9.17, 15) is 18.0 Å². The molecule has 0 amide bonds. The number of hydrogen-bond donors (Lipinski definition) is 0. The topological polar surface area (TPSA) is 26.3 Å². The Bertz CT molecular complexity index is 450. The van der Waals surface area contributed by atoms with Gasteiger partial charge in [0.2, 0.25) is 5.78 Å². The molecule has 0 aliphatic heterocycles. The van der Waals surface area contributed by atoms with Crippen molar-refractivity contribution in [3.8, 4) is 5.75 Å². The van der Waals surface area contributed by atoms with E-state index in [1.165, 1.54) is 7.11 Å². The second-order valence-electron chi connectivity index (χ2n) is 4.17. The minimum atomic E-state index is -4.74. The smallest absolute Gasteiger partial charge is 0.449 e. The molecule has 0 saturated heterocycles. The zero-order valence-electron chi connectivity index (χ0n) is 10.5. The summed E-state index contributed by atoms with van der Waals surface area (Å²) in [5.74, 6) is -0.992. The molecular weight excluding hydrogens is 245 g/mol. The Morgan fingerprint density at radius 3 is 2.33 bits per heavy atom. The summed E-state index contributed by atoms with van der Waals surface area (Å²) < 4.78 is 41.4. The SMILES string of the molecule is COc1cc(C)c(CCC(=O)C(F)(F)F)cc1C. The highest BCUT2D eigenvalue weighted by atomic mass is 19.4. The standard InChI is InChI=1S/C13H15F3O2/c1-8-7-11(18-3)9(2)6-10(8)4-5-12(17)13(14,15)16/h6-7H,4-5H2,1-3H3. The van der Waals surface area contributed by atoms with Crippen LogP contribution in [0, 0.1) is 13.8 Å². The van der Waals surface area contributed by atoms with Gasteiger partial charge in [-0.05, 0) is 43.0 Å². The van der Waals surface area contributed by atoms with E-state index >= 15 is 0 Å². The van der Waals surface area contributed by atoms with Gasteiger partial charge in [0.1, 0.15) is 5.75 Å². The average Bonchev–Trinajstić information content (AvgIpc) is 2.27. The van der Waals surface area contributed by atoms with Gasteiger partial charge in [0, 0.05) is 6.42 Å². The van der Waals surface area contributed by atoms with Crippen molar-refractivity contribution in [2.24, 2.45) is 0 Å². The number of alkyl halides is 3. The van der Waals surface area contributed by atoms with Crippen LogP contribution >= 0.6 is 0 Å². The zero-order chi connectivity index (χ0) is 13.9. The Morgan fingerprint density at radius 2 is 1.83 bits per heavy atom. The third kappa shape index (κ3) is 3.48. The first-order valence-electron chi connectivity index (χ1n) is 5.50. The molecule has 1 aromatic rings. The maximum Gasteiger partial charge on any atom is 0.449 e. The zero-order valence-corrected chi connectivity index (χ0v) is 10.5. The maximum atomic E-state index is 12.1. The Labute approximate surface area is 104 Å². The van der Waals surface area contributed by atoms with Gasteiger partial charge in [-0.25, -0.2) is 0 Å². The molecule has 0 unspecified atom stereocenters. The van der Waals surface area contributed by atoms with Crippen LogP contribution in [0.25, 0.3) is 0 Å². The lowest BCUT2D eigenvalue weighted by Gasteiger charge is -2.11. The number of aryl methyl sites for hydroxylation is 3. The Hall–Kier alpha value is -1.52. The third-order valence-corrected chi connectivity index (χ3v) is 2.79. The second kappa shape index (κ2) is 5.42. The van der Waals surface area contributed by atoms with Crippen LogP contribution in [-0.4, -0.2) is 19.1 Å². The molecule has 0 heterocycles. The second-order valence-corrected chi connectivity index (χ2v) is 4.17. The first-order valence-corrected chi connectivity index (χ1v) is 5.50. The molecule has 0 aliphatic rings. The summed E-state index contributed by atoms with van der Waals surface area (Å²) in [6, 6.07) is 3.53. The molecule has 2 nitrogen and oxygen atoms in total. The van der Waals surface area contributed by atoms with Crippen LogP contribution in [0.3, 0.4) is 0 Å². The quantitative estimate of drug-likeness (QED) is 0.829. The number of rotatable bonds is 4. The van der Waals surface area contributed by atoms with E-state index < -0.39 is 18.4 Å². The molecule has 0 bridgehead atoms. The first-order chi connectivity index (χ1) is 8.25. The summed E-state index contributed by atoms with van der Waals surface area (Å²) in [4.78, 5) is 10.8. The van der Waals surface area contributed by atoms with Crippen molar-refractivity contribution in [3.05, 3.63) is 28.8 Å². The molecule has 0 aliphatic carbocycles. The minimum absolute atomic E-state index is 0.0923. The predicted molar refractivity (Wildman–Crippen MR) is 61.9 cm³/mol. The van der Waals surface area contributed by atoms with E-state index in [2.05, 4.69) is 0 Å². The number of ether oxygens (including phenoxy) is 1. The number of ketones is 1. The fourth-order valence-electron chi connectivity index (χ4n) is 1.73. The molecule has 1 aromatic carbocycles. The molecule has 1 rings (SSSR count). The van der Waals surface area contributed by atoms with Crippen molar-refractivity contribution < 1.29 is 22.7 Å². The van der Waals surface area contributed by atoms with Crippen molar-refractivity contribution >= 4 is 5.78 Å². The molecule has 0 atom stereocenters. The monoisotopic (exact) mass is 260 g/mol. The van der Waals surface area contributed by atoms with Crippen molar-refractivity contribution in [1.82, 2.24) is 0 Å². The molecule has 0 fully saturated rings. The Morgan fingerprint density at radius 1 is 1.22 bits per heavy atom. The first kappa shape index (κ1) is 14.5. The van der Waals surface area contributed by atoms with Crippen LogP contribution < -0.4 is 4.74 Å². The summed E-state index contributed by atoms with van der Waals surface area (Å²) in [5, 5.41) is 0. The highest BCUT2D eigenvalue weighted by molar-refractivity contribution is 5.84. The van der Waals surface area contributed by atoms with Crippen LogP contribution in [0.5, 0.6) is 5.75 Å². The van der Waals surface area contributed by atoms with Gasteiger partial charge in [-0.3, -0.25) is 4.79 Å². The molecule has 0 radical (unpaired) electrons. The number of halogens is 3. The van der Waals surface area contributed by atoms with Crippen molar-refractivity contribution in [2.45, 2.75) is 32.9 Å². The van der Waals surface area contributed by atoms with Gasteiger partial charge >= 0.3 is 6.18 Å². The molecule has 100 valence electrons. The van der Waals surface area contributed by atoms with E-state index in [4.69, 9.17) is 4.74 Å². The lowest BCUT2D eigenvalue weighted by Crippen LogP contribution is -2.23. The number of carbonyl (C=O) groups is 1. The molecule has 18 heavy (non-hydrogen) atoms. The van der Waals surface area contributed by atoms with Crippen molar-refractivity contribution in [1.29, 1.82) is 0 Å². The summed E-state index contributed by atoms with van der Waals surface area (Å²) in [7, 11) is 1.54. The van der Waals surface area contributed by atoms with E-state index in [0.29, 0.717) is 5.75 Å². The van der Waals surface area contributed by atoms with Crippen molar-refractivity contribution in [2.75, 3.05) is 7.11 Å². The van der Waals surface area contributed by atoms with Crippen molar-refractivity contribution in [3.63, 3.8) is 0 Å². The fourth-order valence-corrected chi connectivity index (χ4v) is 1.73. The van der Waals surface area contributed by atoms with Gasteiger partial charge in [-0.2, -0.15) is 13.2 Å². The van der Waals surface area contributed by atoms with Gasteiger partial charge < -0.3 is 4.74 Å². The molecule has 5 heteroatoms. The van der Waals surface area contributed by atoms with Gasteiger partial charge in [-0.1, -0.05) is 6.07 Å². The number of carbonyl (C=O) groups excluding carboxylic acids is 1. The Balaban J connectivity index is 2.81. The lowest BCUT2D eigenvalue weighted by atomic mass is 9.99. The Kier molecular flexibility index (Phi) is 4.38. The molecular formula is C13H15F3O2. The number of benzene rings is 1.